The highest BCUT2D eigenvalue weighted by Gasteiger charge is 2.13. The molecular formula is C9H20N2O. The van der Waals surface area contributed by atoms with Gasteiger partial charge in [-0.3, -0.25) is 4.79 Å². The van der Waals surface area contributed by atoms with Crippen LogP contribution in [0.3, 0.4) is 0 Å². The van der Waals surface area contributed by atoms with Crippen LogP contribution in [0.5, 0.6) is 0 Å². The fourth-order valence-corrected chi connectivity index (χ4v) is 0.994. The third-order valence-electron chi connectivity index (χ3n) is 1.61. The van der Waals surface area contributed by atoms with Crippen LogP contribution in [0.25, 0.3) is 0 Å². The van der Waals surface area contributed by atoms with E-state index in [9.17, 15) is 4.79 Å². The minimum absolute atomic E-state index is 0.0226. The van der Waals surface area contributed by atoms with Crippen molar-refractivity contribution < 1.29 is 4.79 Å². The van der Waals surface area contributed by atoms with Gasteiger partial charge in [0.1, 0.15) is 0 Å². The van der Waals surface area contributed by atoms with E-state index in [0.717, 1.165) is 19.4 Å². The molecule has 3 N–H and O–H groups in total. The highest BCUT2D eigenvalue weighted by molar-refractivity contribution is 5.81. The normalized spacial score (nSPS) is 13.1. The predicted molar refractivity (Wildman–Crippen MR) is 50.7 cm³/mol. The van der Waals surface area contributed by atoms with Crippen LogP contribution in [-0.2, 0) is 4.79 Å². The van der Waals surface area contributed by atoms with Crippen LogP contribution in [-0.4, -0.2) is 18.5 Å². The van der Waals surface area contributed by atoms with Crippen LogP contribution < -0.4 is 11.1 Å². The smallest absolute Gasteiger partial charge is 0.236 e. The lowest BCUT2D eigenvalue weighted by Gasteiger charge is -2.13. The Morgan fingerprint density at radius 2 is 2.08 bits per heavy atom. The van der Waals surface area contributed by atoms with Crippen LogP contribution in [0, 0.1) is 5.92 Å². The zero-order chi connectivity index (χ0) is 9.56. The standard InChI is InChI=1S/C9H20N2O/c1-4-5-11-9(12)8(10)6-7(2)3/h7-8H,4-6,10H2,1-3H3,(H,11,12)/t8-/m1/s1. The molecule has 0 saturated carbocycles. The van der Waals surface area contributed by atoms with Gasteiger partial charge in [-0.2, -0.15) is 0 Å². The van der Waals surface area contributed by atoms with Crippen LogP contribution in [0.1, 0.15) is 33.6 Å². The molecule has 0 bridgehead atoms. The lowest BCUT2D eigenvalue weighted by Crippen LogP contribution is -2.41. The predicted octanol–water partition coefficient (Wildman–Crippen LogP) is 0.886. The number of hydrogen-bond acceptors (Lipinski definition) is 2. The average molecular weight is 172 g/mol. The number of carbonyl (C=O) groups excluding carboxylic acids is 1. The minimum Gasteiger partial charge on any atom is -0.355 e. The van der Waals surface area contributed by atoms with E-state index < -0.39 is 0 Å². The number of amides is 1. The van der Waals surface area contributed by atoms with Gasteiger partial charge < -0.3 is 11.1 Å². The van der Waals surface area contributed by atoms with Gasteiger partial charge in [0.25, 0.3) is 0 Å². The van der Waals surface area contributed by atoms with E-state index in [0.29, 0.717) is 5.92 Å². The van der Waals surface area contributed by atoms with Crippen molar-refractivity contribution >= 4 is 5.91 Å². The van der Waals surface area contributed by atoms with Crippen LogP contribution >= 0.6 is 0 Å². The summed E-state index contributed by atoms with van der Waals surface area (Å²) in [4.78, 5) is 11.2. The van der Waals surface area contributed by atoms with Crippen LogP contribution in [0.15, 0.2) is 0 Å². The number of nitrogens with one attached hydrogen (secondary N) is 1. The number of rotatable bonds is 5. The molecule has 0 unspecified atom stereocenters. The minimum atomic E-state index is -0.337. The first-order chi connectivity index (χ1) is 5.57. The summed E-state index contributed by atoms with van der Waals surface area (Å²) in [5.41, 5.74) is 5.65. The fourth-order valence-electron chi connectivity index (χ4n) is 0.994. The van der Waals surface area contributed by atoms with Crippen molar-refractivity contribution in [2.24, 2.45) is 11.7 Å². The van der Waals surface area contributed by atoms with E-state index in [1.807, 2.05) is 6.92 Å². The second-order valence-corrected chi connectivity index (χ2v) is 3.53. The molecule has 0 heterocycles. The molecule has 0 spiro atoms. The molecule has 1 amide bonds. The van der Waals surface area contributed by atoms with E-state index >= 15 is 0 Å². The highest BCUT2D eigenvalue weighted by Crippen LogP contribution is 2.02. The molecule has 3 heteroatoms. The molecule has 3 nitrogen and oxygen atoms in total. The first kappa shape index (κ1) is 11.4. The third kappa shape index (κ3) is 5.13. The fraction of sp³-hybridized carbons (Fsp3) is 0.889. The zero-order valence-corrected chi connectivity index (χ0v) is 8.26. The molecule has 0 fully saturated rings. The van der Waals surface area contributed by atoms with Gasteiger partial charge in [-0.1, -0.05) is 20.8 Å². The number of nitrogens with two attached hydrogens (primary N) is 1. The number of carbonyl (C=O) groups is 1. The van der Waals surface area contributed by atoms with Crippen molar-refractivity contribution in [2.45, 2.75) is 39.7 Å². The third-order valence-corrected chi connectivity index (χ3v) is 1.61. The molecule has 0 aliphatic carbocycles. The summed E-state index contributed by atoms with van der Waals surface area (Å²) in [5, 5.41) is 2.77. The van der Waals surface area contributed by atoms with E-state index in [4.69, 9.17) is 5.73 Å². The van der Waals surface area contributed by atoms with Crippen molar-refractivity contribution in [3.63, 3.8) is 0 Å². The molecule has 0 aromatic rings. The Balaban J connectivity index is 3.61. The van der Waals surface area contributed by atoms with Gasteiger partial charge in [0.05, 0.1) is 6.04 Å². The van der Waals surface area contributed by atoms with Gasteiger partial charge in [0.2, 0.25) is 5.91 Å². The largest absolute Gasteiger partial charge is 0.355 e. The second kappa shape index (κ2) is 6.00. The van der Waals surface area contributed by atoms with Crippen molar-refractivity contribution in [2.75, 3.05) is 6.54 Å². The molecule has 0 radical (unpaired) electrons. The summed E-state index contributed by atoms with van der Waals surface area (Å²) in [5.74, 6) is 0.456. The van der Waals surface area contributed by atoms with Gasteiger partial charge in [-0.05, 0) is 18.8 Å². The van der Waals surface area contributed by atoms with E-state index in [-0.39, 0.29) is 11.9 Å². The van der Waals surface area contributed by atoms with Gasteiger partial charge in [0.15, 0.2) is 0 Å². The molecule has 0 saturated heterocycles. The Morgan fingerprint density at radius 3 is 2.50 bits per heavy atom. The average Bonchev–Trinajstić information content (AvgIpc) is 1.98. The van der Waals surface area contributed by atoms with Crippen molar-refractivity contribution in [3.05, 3.63) is 0 Å². The van der Waals surface area contributed by atoms with E-state index in [1.54, 1.807) is 0 Å². The second-order valence-electron chi connectivity index (χ2n) is 3.53. The molecule has 0 aliphatic rings. The first-order valence-corrected chi connectivity index (χ1v) is 4.61. The lowest BCUT2D eigenvalue weighted by molar-refractivity contribution is -0.122. The Kier molecular flexibility index (Phi) is 5.72. The van der Waals surface area contributed by atoms with E-state index in [1.165, 1.54) is 0 Å². The Hall–Kier alpha value is -0.570. The zero-order valence-electron chi connectivity index (χ0n) is 8.26. The lowest BCUT2D eigenvalue weighted by atomic mass is 10.0. The summed E-state index contributed by atoms with van der Waals surface area (Å²) in [6, 6.07) is -0.337. The monoisotopic (exact) mass is 172 g/mol. The highest BCUT2D eigenvalue weighted by atomic mass is 16.2. The number of hydrogen-bond donors (Lipinski definition) is 2. The van der Waals surface area contributed by atoms with Gasteiger partial charge >= 0.3 is 0 Å². The van der Waals surface area contributed by atoms with Crippen molar-refractivity contribution in [1.29, 1.82) is 0 Å². The van der Waals surface area contributed by atoms with Gasteiger partial charge in [0, 0.05) is 6.54 Å². The van der Waals surface area contributed by atoms with Crippen molar-refractivity contribution in [1.82, 2.24) is 5.32 Å². The molecule has 0 aromatic carbocycles. The van der Waals surface area contributed by atoms with E-state index in [2.05, 4.69) is 19.2 Å². The summed E-state index contributed by atoms with van der Waals surface area (Å²) in [7, 11) is 0. The topological polar surface area (TPSA) is 55.1 Å². The summed E-state index contributed by atoms with van der Waals surface area (Å²) < 4.78 is 0. The maximum atomic E-state index is 11.2. The summed E-state index contributed by atoms with van der Waals surface area (Å²) in [6.45, 7) is 6.87. The van der Waals surface area contributed by atoms with Crippen LogP contribution in [0.4, 0.5) is 0 Å². The molecular weight excluding hydrogens is 152 g/mol. The Labute approximate surface area is 74.7 Å². The van der Waals surface area contributed by atoms with Gasteiger partial charge in [-0.25, -0.2) is 0 Å². The quantitative estimate of drug-likeness (QED) is 0.647. The molecule has 0 aromatic heterocycles. The molecule has 72 valence electrons. The SMILES string of the molecule is CCCNC(=O)[C@H](N)CC(C)C. The molecule has 0 aliphatic heterocycles. The first-order valence-electron chi connectivity index (χ1n) is 4.61. The maximum absolute atomic E-state index is 11.2. The summed E-state index contributed by atoms with van der Waals surface area (Å²) in [6.07, 6.45) is 1.72. The Morgan fingerprint density at radius 1 is 1.50 bits per heavy atom. The summed E-state index contributed by atoms with van der Waals surface area (Å²) >= 11 is 0. The molecule has 0 rings (SSSR count). The molecule has 1 atom stereocenters. The van der Waals surface area contributed by atoms with Gasteiger partial charge in [-0.15, -0.1) is 0 Å². The van der Waals surface area contributed by atoms with Crippen LogP contribution in [0.2, 0.25) is 0 Å². The molecule has 12 heavy (non-hydrogen) atoms. The Bertz CT molecular complexity index is 134. The van der Waals surface area contributed by atoms with Crippen molar-refractivity contribution in [3.8, 4) is 0 Å². The maximum Gasteiger partial charge on any atom is 0.236 e.